The van der Waals surface area contributed by atoms with Crippen LogP contribution in [-0.2, 0) is 5.54 Å². The fourth-order valence-corrected chi connectivity index (χ4v) is 1.71. The summed E-state index contributed by atoms with van der Waals surface area (Å²) in [5, 5.41) is 8.72. The molecule has 3 nitrogen and oxygen atoms in total. The second-order valence-corrected chi connectivity index (χ2v) is 3.43. The summed E-state index contributed by atoms with van der Waals surface area (Å²) in [5.74, 6) is 1.25. The van der Waals surface area contributed by atoms with Gasteiger partial charge in [0.15, 0.2) is 0 Å². The van der Waals surface area contributed by atoms with Crippen molar-refractivity contribution in [2.24, 2.45) is 11.7 Å². The molecule has 1 aromatic rings. The van der Waals surface area contributed by atoms with Gasteiger partial charge in [-0.25, -0.2) is 0 Å². The van der Waals surface area contributed by atoms with Gasteiger partial charge >= 0.3 is 0 Å². The van der Waals surface area contributed by atoms with E-state index in [-0.39, 0.29) is 12.1 Å². The molecule has 1 aliphatic carbocycles. The zero-order valence-electron chi connectivity index (χ0n) is 6.86. The number of hydrogen-bond acceptors (Lipinski definition) is 3. The summed E-state index contributed by atoms with van der Waals surface area (Å²) >= 11 is 0. The van der Waals surface area contributed by atoms with Gasteiger partial charge in [-0.05, 0) is 30.9 Å². The molecule has 0 spiro atoms. The SMILES string of the molecule is N[C@@]1(c2ccco2)C[C@H]1CCO. The van der Waals surface area contributed by atoms with Gasteiger partial charge in [0.25, 0.3) is 0 Å². The molecule has 1 saturated carbocycles. The molecule has 0 aliphatic heterocycles. The van der Waals surface area contributed by atoms with Crippen LogP contribution in [0.2, 0.25) is 0 Å². The first-order chi connectivity index (χ1) is 5.77. The molecular formula is C9H13NO2. The molecule has 0 saturated heterocycles. The van der Waals surface area contributed by atoms with Crippen molar-refractivity contribution in [2.45, 2.75) is 18.4 Å². The molecule has 3 N–H and O–H groups in total. The fraction of sp³-hybridized carbons (Fsp3) is 0.556. The summed E-state index contributed by atoms with van der Waals surface area (Å²) in [7, 11) is 0. The first kappa shape index (κ1) is 7.83. The van der Waals surface area contributed by atoms with Gasteiger partial charge in [0.05, 0.1) is 11.8 Å². The van der Waals surface area contributed by atoms with Crippen LogP contribution in [0.5, 0.6) is 0 Å². The lowest BCUT2D eigenvalue weighted by Gasteiger charge is -2.06. The Kier molecular flexibility index (Phi) is 1.70. The number of aliphatic hydroxyl groups excluding tert-OH is 1. The third kappa shape index (κ3) is 1.06. The number of nitrogens with two attached hydrogens (primary N) is 1. The minimum atomic E-state index is -0.285. The largest absolute Gasteiger partial charge is 0.467 e. The van der Waals surface area contributed by atoms with Crippen LogP contribution < -0.4 is 5.73 Å². The standard InChI is InChI=1S/C9H13NO2/c10-9(6-7(9)3-4-11)8-2-1-5-12-8/h1-2,5,7,11H,3-4,6,10H2/t7-,9+/m1/s1. The Hall–Kier alpha value is -0.800. The van der Waals surface area contributed by atoms with E-state index in [1.807, 2.05) is 12.1 Å². The van der Waals surface area contributed by atoms with Gasteiger partial charge in [-0.15, -0.1) is 0 Å². The highest BCUT2D eigenvalue weighted by molar-refractivity contribution is 5.22. The van der Waals surface area contributed by atoms with E-state index in [0.29, 0.717) is 5.92 Å². The van der Waals surface area contributed by atoms with Crippen molar-refractivity contribution in [1.29, 1.82) is 0 Å². The number of furan rings is 1. The van der Waals surface area contributed by atoms with Gasteiger partial charge < -0.3 is 15.3 Å². The van der Waals surface area contributed by atoms with E-state index in [1.165, 1.54) is 0 Å². The minimum Gasteiger partial charge on any atom is -0.467 e. The quantitative estimate of drug-likeness (QED) is 0.701. The van der Waals surface area contributed by atoms with Gasteiger partial charge in [-0.2, -0.15) is 0 Å². The smallest absolute Gasteiger partial charge is 0.123 e. The lowest BCUT2D eigenvalue weighted by molar-refractivity contribution is 0.272. The molecular weight excluding hydrogens is 154 g/mol. The van der Waals surface area contributed by atoms with Crippen LogP contribution in [0.1, 0.15) is 18.6 Å². The van der Waals surface area contributed by atoms with Crippen LogP contribution >= 0.6 is 0 Å². The Bertz CT molecular complexity index is 258. The Labute approximate surface area is 71.2 Å². The lowest BCUT2D eigenvalue weighted by Crippen LogP contribution is -2.21. The van der Waals surface area contributed by atoms with E-state index in [9.17, 15) is 0 Å². The molecule has 0 amide bonds. The highest BCUT2D eigenvalue weighted by atomic mass is 16.3. The molecule has 2 atom stereocenters. The first-order valence-corrected chi connectivity index (χ1v) is 4.21. The van der Waals surface area contributed by atoms with Crippen LogP contribution in [0.4, 0.5) is 0 Å². The summed E-state index contributed by atoms with van der Waals surface area (Å²) in [6, 6.07) is 3.75. The topological polar surface area (TPSA) is 59.4 Å². The monoisotopic (exact) mass is 167 g/mol. The zero-order valence-corrected chi connectivity index (χ0v) is 6.86. The van der Waals surface area contributed by atoms with E-state index >= 15 is 0 Å². The third-order valence-electron chi connectivity index (χ3n) is 2.61. The maximum absolute atomic E-state index is 8.72. The molecule has 1 aliphatic rings. The Morgan fingerprint density at radius 2 is 2.58 bits per heavy atom. The van der Waals surface area contributed by atoms with Crippen LogP contribution in [0.3, 0.4) is 0 Å². The van der Waals surface area contributed by atoms with Crippen LogP contribution in [-0.4, -0.2) is 11.7 Å². The van der Waals surface area contributed by atoms with Crippen molar-refractivity contribution >= 4 is 0 Å². The molecule has 0 radical (unpaired) electrons. The van der Waals surface area contributed by atoms with Gasteiger partial charge in [0, 0.05) is 6.61 Å². The van der Waals surface area contributed by atoms with E-state index in [4.69, 9.17) is 15.3 Å². The molecule has 3 heteroatoms. The summed E-state index contributed by atoms with van der Waals surface area (Å²) < 4.78 is 5.23. The van der Waals surface area contributed by atoms with Crippen molar-refractivity contribution in [3.05, 3.63) is 24.2 Å². The molecule has 66 valence electrons. The third-order valence-corrected chi connectivity index (χ3v) is 2.61. The molecule has 1 aromatic heterocycles. The molecule has 1 fully saturated rings. The zero-order chi connectivity index (χ0) is 8.60. The van der Waals surface area contributed by atoms with Gasteiger partial charge in [-0.3, -0.25) is 0 Å². The van der Waals surface area contributed by atoms with E-state index < -0.39 is 0 Å². The Morgan fingerprint density at radius 3 is 3.17 bits per heavy atom. The summed E-state index contributed by atoms with van der Waals surface area (Å²) in [4.78, 5) is 0. The lowest BCUT2D eigenvalue weighted by atomic mass is 10.1. The van der Waals surface area contributed by atoms with Crippen molar-refractivity contribution in [3.63, 3.8) is 0 Å². The highest BCUT2D eigenvalue weighted by Gasteiger charge is 2.53. The minimum absolute atomic E-state index is 0.213. The van der Waals surface area contributed by atoms with Crippen LogP contribution in [0, 0.1) is 5.92 Å². The summed E-state index contributed by atoms with van der Waals surface area (Å²) in [5.41, 5.74) is 5.75. The van der Waals surface area contributed by atoms with E-state index in [0.717, 1.165) is 18.6 Å². The maximum Gasteiger partial charge on any atom is 0.123 e. The second-order valence-electron chi connectivity index (χ2n) is 3.43. The van der Waals surface area contributed by atoms with Gasteiger partial charge in [0.2, 0.25) is 0 Å². The van der Waals surface area contributed by atoms with Crippen molar-refractivity contribution in [3.8, 4) is 0 Å². The molecule has 0 aromatic carbocycles. The number of aliphatic hydroxyl groups is 1. The summed E-state index contributed by atoms with van der Waals surface area (Å²) in [6.45, 7) is 0.213. The van der Waals surface area contributed by atoms with Crippen LogP contribution in [0.15, 0.2) is 22.8 Å². The Morgan fingerprint density at radius 1 is 1.75 bits per heavy atom. The van der Waals surface area contributed by atoms with E-state index in [1.54, 1.807) is 6.26 Å². The average molecular weight is 167 g/mol. The summed E-state index contributed by atoms with van der Waals surface area (Å²) in [6.07, 6.45) is 3.34. The van der Waals surface area contributed by atoms with Gasteiger partial charge in [-0.1, -0.05) is 0 Å². The maximum atomic E-state index is 8.72. The Balaban J connectivity index is 2.07. The predicted molar refractivity (Wildman–Crippen MR) is 44.4 cm³/mol. The molecule has 0 bridgehead atoms. The van der Waals surface area contributed by atoms with Crippen molar-refractivity contribution in [2.75, 3.05) is 6.61 Å². The van der Waals surface area contributed by atoms with Crippen molar-refractivity contribution < 1.29 is 9.52 Å². The predicted octanol–water partition coefficient (Wildman–Crippen LogP) is 0.836. The van der Waals surface area contributed by atoms with Crippen LogP contribution in [0.25, 0.3) is 0 Å². The van der Waals surface area contributed by atoms with E-state index in [2.05, 4.69) is 0 Å². The average Bonchev–Trinajstić information content (AvgIpc) is 2.57. The first-order valence-electron chi connectivity index (χ1n) is 4.21. The molecule has 1 heterocycles. The second kappa shape index (κ2) is 2.61. The van der Waals surface area contributed by atoms with Gasteiger partial charge in [0.1, 0.15) is 5.76 Å². The normalized spacial score (nSPS) is 33.7. The molecule has 2 rings (SSSR count). The highest BCUT2D eigenvalue weighted by Crippen LogP contribution is 2.51. The fourth-order valence-electron chi connectivity index (χ4n) is 1.71. The van der Waals surface area contributed by atoms with Crippen molar-refractivity contribution in [1.82, 2.24) is 0 Å². The number of hydrogen-bond donors (Lipinski definition) is 2. The molecule has 0 unspecified atom stereocenters. The number of rotatable bonds is 3. The molecule has 12 heavy (non-hydrogen) atoms.